The third-order valence-electron chi connectivity index (χ3n) is 6.53. The van der Waals surface area contributed by atoms with E-state index in [4.69, 9.17) is 28.0 Å². The minimum absolute atomic E-state index is 0.00323. The number of halogens is 6. The Hall–Kier alpha value is -4.15. The molecular weight excluding hydrogens is 611 g/mol. The first-order valence-electron chi connectivity index (χ1n) is 12.2. The zero-order chi connectivity index (χ0) is 30.2. The van der Waals surface area contributed by atoms with E-state index in [9.17, 15) is 31.9 Å². The first-order chi connectivity index (χ1) is 19.9. The summed E-state index contributed by atoms with van der Waals surface area (Å²) >= 11 is 12.0. The van der Waals surface area contributed by atoms with Crippen molar-refractivity contribution in [1.82, 2.24) is 39.1 Å². The zero-order valence-corrected chi connectivity index (χ0v) is 22.7. The van der Waals surface area contributed by atoms with Crippen LogP contribution in [0.4, 0.5) is 23.5 Å². The summed E-state index contributed by atoms with van der Waals surface area (Å²) in [5.74, 6) is -4.21. The third-order valence-corrected chi connectivity index (χ3v) is 7.24. The van der Waals surface area contributed by atoms with Gasteiger partial charge in [0.05, 0.1) is 12.1 Å². The van der Waals surface area contributed by atoms with Crippen molar-refractivity contribution in [3.63, 3.8) is 0 Å². The van der Waals surface area contributed by atoms with Crippen molar-refractivity contribution >= 4 is 46.7 Å². The van der Waals surface area contributed by atoms with Crippen LogP contribution < -0.4 is 10.3 Å². The third kappa shape index (κ3) is 5.64. The molecule has 1 aliphatic heterocycles. The van der Waals surface area contributed by atoms with E-state index in [0.29, 0.717) is 5.56 Å². The molecule has 1 amide bonds. The highest BCUT2D eigenvalue weighted by atomic mass is 35.5. The number of nitrogens with one attached hydrogen (secondary N) is 1. The molecule has 4 heterocycles. The maximum atomic E-state index is 14.9. The van der Waals surface area contributed by atoms with Crippen molar-refractivity contribution in [3.8, 4) is 0 Å². The highest BCUT2D eigenvalue weighted by Gasteiger charge is 2.51. The molecule has 1 saturated heterocycles. The van der Waals surface area contributed by atoms with E-state index < -0.39 is 34.2 Å². The molecule has 5 rings (SSSR count). The maximum Gasteiger partial charge on any atom is 0.497 e. The van der Waals surface area contributed by atoms with Crippen LogP contribution in [0.3, 0.4) is 0 Å². The number of aromatic amines is 1. The van der Waals surface area contributed by atoms with Crippen LogP contribution in [0.15, 0.2) is 41.5 Å². The summed E-state index contributed by atoms with van der Waals surface area (Å²) < 4.78 is 54.3. The Morgan fingerprint density at radius 2 is 1.86 bits per heavy atom. The Labute approximate surface area is 243 Å². The Morgan fingerprint density at radius 3 is 2.57 bits per heavy atom. The van der Waals surface area contributed by atoms with Gasteiger partial charge in [-0.05, 0) is 23.8 Å². The number of hydrogen-bond donors (Lipinski definition) is 1. The molecule has 1 fully saturated rings. The van der Waals surface area contributed by atoms with E-state index in [-0.39, 0.29) is 72.2 Å². The van der Waals surface area contributed by atoms with Gasteiger partial charge in [0.1, 0.15) is 24.6 Å². The molecule has 220 valence electrons. The molecule has 12 nitrogen and oxygen atoms in total. The summed E-state index contributed by atoms with van der Waals surface area (Å²) in [6, 6.07) is 5.23. The Kier molecular flexibility index (Phi) is 7.87. The molecule has 1 aliphatic rings. The molecule has 0 bridgehead atoms. The summed E-state index contributed by atoms with van der Waals surface area (Å²) in [4.78, 5) is 55.5. The lowest BCUT2D eigenvalue weighted by molar-refractivity contribution is -0.235. The number of nitrogens with zero attached hydrogens (tertiary/aromatic N) is 7. The van der Waals surface area contributed by atoms with Crippen LogP contribution in [0.1, 0.15) is 28.0 Å². The number of carbonyl (C=O) groups excluding carboxylic acids is 2. The Morgan fingerprint density at radius 1 is 1.12 bits per heavy atom. The quantitative estimate of drug-likeness (QED) is 0.263. The SMILES string of the molecule is O=C(c1cc(Cc2n[nH]c(=O)n3c(Cl)c(Cl)nc23)ccc1F)N1CCC[N+](OC(=O)C(F)(F)F)(c2ncccn2)CC1. The van der Waals surface area contributed by atoms with E-state index >= 15 is 0 Å². The number of hydroxylamine groups is 2. The molecular formula is C24H19Cl2F4N8O4+. The van der Waals surface area contributed by atoms with Crippen molar-refractivity contribution in [2.75, 3.05) is 26.2 Å². The van der Waals surface area contributed by atoms with Gasteiger partial charge in [0.2, 0.25) is 0 Å². The average molecular weight is 630 g/mol. The van der Waals surface area contributed by atoms with Crippen LogP contribution in [-0.2, 0) is 16.1 Å². The van der Waals surface area contributed by atoms with Crippen LogP contribution in [0.25, 0.3) is 5.65 Å². The number of aromatic nitrogens is 6. The van der Waals surface area contributed by atoms with E-state index in [2.05, 4.69) is 25.1 Å². The fourth-order valence-electron chi connectivity index (χ4n) is 4.57. The Bertz CT molecular complexity index is 1730. The molecule has 0 saturated carbocycles. The van der Waals surface area contributed by atoms with Gasteiger partial charge in [-0.1, -0.05) is 33.9 Å². The van der Waals surface area contributed by atoms with Crippen molar-refractivity contribution in [1.29, 1.82) is 0 Å². The number of hydrogen-bond acceptors (Lipinski definition) is 8. The number of rotatable bonds is 5. The molecule has 1 N–H and O–H groups in total. The van der Waals surface area contributed by atoms with E-state index in [1.807, 2.05) is 0 Å². The molecule has 18 heteroatoms. The van der Waals surface area contributed by atoms with Gasteiger partial charge in [-0.25, -0.2) is 28.5 Å². The average Bonchev–Trinajstić information content (AvgIpc) is 3.12. The second-order valence-electron chi connectivity index (χ2n) is 9.23. The van der Waals surface area contributed by atoms with Crippen LogP contribution in [0, 0.1) is 5.82 Å². The van der Waals surface area contributed by atoms with E-state index in [1.54, 1.807) is 0 Å². The highest BCUT2D eigenvalue weighted by Crippen LogP contribution is 2.28. The van der Waals surface area contributed by atoms with Crippen LogP contribution in [0.5, 0.6) is 0 Å². The van der Waals surface area contributed by atoms with Crippen molar-refractivity contribution in [3.05, 3.63) is 80.1 Å². The van der Waals surface area contributed by atoms with Gasteiger partial charge in [0.15, 0.2) is 16.0 Å². The lowest BCUT2D eigenvalue weighted by Gasteiger charge is -2.30. The molecule has 1 atom stereocenters. The van der Waals surface area contributed by atoms with E-state index in [0.717, 1.165) is 10.5 Å². The minimum atomic E-state index is -5.27. The number of H-pyrrole nitrogens is 1. The molecule has 0 radical (unpaired) electrons. The monoisotopic (exact) mass is 629 g/mol. The lowest BCUT2D eigenvalue weighted by atomic mass is 10.0. The van der Waals surface area contributed by atoms with Gasteiger partial charge >= 0.3 is 23.8 Å². The van der Waals surface area contributed by atoms with Crippen molar-refractivity contribution in [2.45, 2.75) is 19.0 Å². The van der Waals surface area contributed by atoms with Gasteiger partial charge < -0.3 is 4.90 Å². The fourth-order valence-corrected chi connectivity index (χ4v) is 4.93. The second kappa shape index (κ2) is 11.3. The zero-order valence-electron chi connectivity index (χ0n) is 21.2. The number of imidazole rings is 1. The molecule has 0 aliphatic carbocycles. The Balaban J connectivity index is 1.40. The van der Waals surface area contributed by atoms with Gasteiger partial charge in [0.25, 0.3) is 5.91 Å². The molecule has 42 heavy (non-hydrogen) atoms. The summed E-state index contributed by atoms with van der Waals surface area (Å²) in [5.41, 5.74) is -0.252. The number of benzene rings is 1. The molecule has 1 aromatic carbocycles. The normalized spacial score (nSPS) is 17.7. The smallest absolute Gasteiger partial charge is 0.333 e. The summed E-state index contributed by atoms with van der Waals surface area (Å²) in [5, 5.41) is 6.01. The number of alkyl halides is 3. The summed E-state index contributed by atoms with van der Waals surface area (Å²) in [6.45, 7) is -0.674. The number of amides is 1. The van der Waals surface area contributed by atoms with Gasteiger partial charge in [-0.3, -0.25) is 9.63 Å². The van der Waals surface area contributed by atoms with E-state index in [1.165, 1.54) is 35.5 Å². The largest absolute Gasteiger partial charge is 0.497 e. The summed E-state index contributed by atoms with van der Waals surface area (Å²) in [7, 11) is 0. The second-order valence-corrected chi connectivity index (χ2v) is 9.94. The number of fused-ring (bicyclic) bond motifs is 1. The molecule has 3 aromatic heterocycles. The number of carbonyl (C=O) groups is 2. The molecule has 0 spiro atoms. The van der Waals surface area contributed by atoms with Crippen LogP contribution in [-0.4, -0.2) is 78.7 Å². The van der Waals surface area contributed by atoms with Crippen molar-refractivity contribution < 1.29 is 32.0 Å². The standard InChI is InChI=1S/C24H18Cl2F4N8O4/c25-17-18(26)37-19(33-17)16(34-35-23(37)41)12-13-3-4-15(27)14(11-13)20(39)36-7-2-9-38(10-8-36,22-31-5-1-6-32-22)42-21(40)24(28,29)30/h1,3-6,11H,2,7-10,12H2/p+1. The molecule has 1 unspecified atom stereocenters. The predicted molar refractivity (Wildman–Crippen MR) is 139 cm³/mol. The first-order valence-corrected chi connectivity index (χ1v) is 13.0. The maximum absolute atomic E-state index is 14.9. The first kappa shape index (κ1) is 29.3. The van der Waals surface area contributed by atoms with Gasteiger partial charge in [0, 0.05) is 31.8 Å². The van der Waals surface area contributed by atoms with Crippen LogP contribution >= 0.6 is 23.2 Å². The molecule has 4 aromatic rings. The van der Waals surface area contributed by atoms with Gasteiger partial charge in [-0.15, -0.1) is 0 Å². The topological polar surface area (TPSA) is 135 Å². The fraction of sp³-hybridized carbons (Fsp3) is 0.292. The number of quaternary nitrogens is 1. The lowest BCUT2D eigenvalue weighted by Crippen LogP contribution is -2.55. The highest BCUT2D eigenvalue weighted by molar-refractivity contribution is 6.40. The van der Waals surface area contributed by atoms with Gasteiger partial charge in [-0.2, -0.15) is 28.2 Å². The predicted octanol–water partition coefficient (Wildman–Crippen LogP) is 3.12. The van der Waals surface area contributed by atoms with Crippen molar-refractivity contribution in [2.24, 2.45) is 0 Å². The van der Waals surface area contributed by atoms with Crippen LogP contribution in [0.2, 0.25) is 10.3 Å². The minimum Gasteiger partial charge on any atom is -0.333 e. The summed E-state index contributed by atoms with van der Waals surface area (Å²) in [6.07, 6.45) is -2.62.